The number of ether oxygens (including phenoxy) is 2. The van der Waals surface area contributed by atoms with Crippen molar-refractivity contribution in [3.05, 3.63) is 17.3 Å². The Bertz CT molecular complexity index is 636. The summed E-state index contributed by atoms with van der Waals surface area (Å²) in [5.41, 5.74) is 0.997. The van der Waals surface area contributed by atoms with Gasteiger partial charge in [-0.05, 0) is 65.5 Å². The quantitative estimate of drug-likeness (QED) is 0.201. The van der Waals surface area contributed by atoms with Gasteiger partial charge in [-0.2, -0.15) is 0 Å². The normalized spacial score (nSPS) is 20.6. The van der Waals surface area contributed by atoms with Gasteiger partial charge in [0.2, 0.25) is 5.89 Å². The Morgan fingerprint density at radius 3 is 2.68 bits per heavy atom. The van der Waals surface area contributed by atoms with Crippen LogP contribution in [-0.4, -0.2) is 74.5 Å². The molecule has 3 heterocycles. The van der Waals surface area contributed by atoms with E-state index in [9.17, 15) is 0 Å². The van der Waals surface area contributed by atoms with E-state index in [1.165, 1.54) is 12.8 Å². The molecule has 0 aromatic carbocycles. The number of hydrogen-bond acceptors (Lipinski definition) is 6. The van der Waals surface area contributed by atoms with Gasteiger partial charge in [-0.25, -0.2) is 4.98 Å². The third-order valence-corrected chi connectivity index (χ3v) is 5.85. The molecule has 9 heteroatoms. The molecular weight excluding hydrogens is 509 g/mol. The van der Waals surface area contributed by atoms with Crippen LogP contribution in [0.25, 0.3) is 0 Å². The van der Waals surface area contributed by atoms with Gasteiger partial charge in [0, 0.05) is 32.8 Å². The van der Waals surface area contributed by atoms with Crippen LogP contribution in [0, 0.1) is 19.8 Å². The number of rotatable bonds is 10. The standard InChI is InChI=1S/C22H39N5O3.HI/c1-4-23-22(24-9-5-12-29-20-8-13-28-16-20)25-14-19-6-10-27(11-7-19)15-21-26-17(2)18(3)30-21;/h19-20H,4-16H2,1-3H3,(H2,23,24,25);1H. The fraction of sp³-hybridized carbons (Fsp3) is 0.818. The predicted molar refractivity (Wildman–Crippen MR) is 133 cm³/mol. The number of aryl methyl sites for hydroxylation is 2. The molecule has 31 heavy (non-hydrogen) atoms. The topological polar surface area (TPSA) is 84.2 Å². The summed E-state index contributed by atoms with van der Waals surface area (Å²) in [5, 5.41) is 6.78. The number of nitrogens with one attached hydrogen (secondary N) is 2. The number of piperidine rings is 1. The molecule has 0 radical (unpaired) electrons. The molecule has 178 valence electrons. The Hall–Kier alpha value is -0.910. The Labute approximate surface area is 203 Å². The molecule has 0 spiro atoms. The lowest BCUT2D eigenvalue weighted by Crippen LogP contribution is -2.39. The molecule has 0 saturated carbocycles. The van der Waals surface area contributed by atoms with Gasteiger partial charge < -0.3 is 24.5 Å². The number of aromatic nitrogens is 1. The molecule has 2 N–H and O–H groups in total. The first-order chi connectivity index (χ1) is 14.6. The molecule has 0 bridgehead atoms. The van der Waals surface area contributed by atoms with Gasteiger partial charge in [0.1, 0.15) is 5.76 Å². The minimum Gasteiger partial charge on any atom is -0.444 e. The minimum absolute atomic E-state index is 0. The second-order valence-corrected chi connectivity index (χ2v) is 8.33. The van der Waals surface area contributed by atoms with Crippen LogP contribution in [0.2, 0.25) is 0 Å². The van der Waals surface area contributed by atoms with Crippen LogP contribution in [0.5, 0.6) is 0 Å². The third kappa shape index (κ3) is 9.23. The highest BCUT2D eigenvalue weighted by atomic mass is 127. The van der Waals surface area contributed by atoms with Crippen molar-refractivity contribution in [2.45, 2.75) is 59.1 Å². The molecule has 2 fully saturated rings. The molecule has 0 aliphatic carbocycles. The lowest BCUT2D eigenvalue weighted by molar-refractivity contribution is 0.0420. The van der Waals surface area contributed by atoms with Gasteiger partial charge in [0.15, 0.2) is 5.96 Å². The summed E-state index contributed by atoms with van der Waals surface area (Å²) in [7, 11) is 0. The summed E-state index contributed by atoms with van der Waals surface area (Å²) in [6.45, 7) is 14.0. The number of oxazole rings is 1. The molecule has 2 saturated heterocycles. The monoisotopic (exact) mass is 549 g/mol. The fourth-order valence-corrected chi connectivity index (χ4v) is 3.86. The van der Waals surface area contributed by atoms with Crippen LogP contribution < -0.4 is 10.6 Å². The van der Waals surface area contributed by atoms with Crippen LogP contribution in [0.15, 0.2) is 9.41 Å². The number of nitrogens with zero attached hydrogens (tertiary/aromatic N) is 3. The zero-order chi connectivity index (χ0) is 21.2. The molecule has 2 aliphatic rings. The van der Waals surface area contributed by atoms with Crippen LogP contribution >= 0.6 is 24.0 Å². The van der Waals surface area contributed by atoms with Crippen molar-refractivity contribution < 1.29 is 13.9 Å². The Balaban J connectivity index is 0.00000341. The predicted octanol–water partition coefficient (Wildman–Crippen LogP) is 2.87. The van der Waals surface area contributed by atoms with Crippen molar-refractivity contribution in [1.29, 1.82) is 0 Å². The van der Waals surface area contributed by atoms with Crippen molar-refractivity contribution in [3.63, 3.8) is 0 Å². The second kappa shape index (κ2) is 14.3. The molecule has 0 amide bonds. The zero-order valence-electron chi connectivity index (χ0n) is 19.3. The molecule has 3 rings (SSSR count). The first kappa shape index (κ1) is 26.3. The summed E-state index contributed by atoms with van der Waals surface area (Å²) in [4.78, 5) is 11.8. The van der Waals surface area contributed by atoms with Crippen LogP contribution in [-0.2, 0) is 16.0 Å². The van der Waals surface area contributed by atoms with E-state index in [1.807, 2.05) is 13.8 Å². The molecule has 1 aromatic heterocycles. The summed E-state index contributed by atoms with van der Waals surface area (Å²) >= 11 is 0. The van der Waals surface area contributed by atoms with E-state index in [2.05, 4.69) is 27.4 Å². The number of likely N-dealkylation sites (tertiary alicyclic amines) is 1. The van der Waals surface area contributed by atoms with E-state index < -0.39 is 0 Å². The van der Waals surface area contributed by atoms with E-state index in [1.54, 1.807) is 0 Å². The lowest BCUT2D eigenvalue weighted by Gasteiger charge is -2.30. The maximum atomic E-state index is 5.82. The summed E-state index contributed by atoms with van der Waals surface area (Å²) in [6.07, 6.45) is 4.61. The van der Waals surface area contributed by atoms with Gasteiger partial charge in [0.05, 0.1) is 24.9 Å². The average molecular weight is 549 g/mol. The number of guanidine groups is 1. The maximum Gasteiger partial charge on any atom is 0.208 e. The van der Waals surface area contributed by atoms with Crippen molar-refractivity contribution in [2.24, 2.45) is 10.9 Å². The molecule has 1 aromatic rings. The highest BCUT2D eigenvalue weighted by Crippen LogP contribution is 2.20. The smallest absolute Gasteiger partial charge is 0.208 e. The Kier molecular flexibility index (Phi) is 12.1. The van der Waals surface area contributed by atoms with Crippen molar-refractivity contribution in [2.75, 3.05) is 52.5 Å². The first-order valence-corrected chi connectivity index (χ1v) is 11.5. The van der Waals surface area contributed by atoms with Crippen molar-refractivity contribution >= 4 is 29.9 Å². The SMILES string of the molecule is CCNC(=NCC1CCN(Cc2nc(C)c(C)o2)CC1)NCCCOC1CCOC1.I. The van der Waals surface area contributed by atoms with Gasteiger partial charge >= 0.3 is 0 Å². The fourth-order valence-electron chi connectivity index (χ4n) is 3.86. The summed E-state index contributed by atoms with van der Waals surface area (Å²) in [6, 6.07) is 0. The second-order valence-electron chi connectivity index (χ2n) is 8.33. The van der Waals surface area contributed by atoms with E-state index in [-0.39, 0.29) is 30.1 Å². The molecule has 8 nitrogen and oxygen atoms in total. The molecule has 2 aliphatic heterocycles. The number of aliphatic imine (C=N–C) groups is 1. The highest BCUT2D eigenvalue weighted by molar-refractivity contribution is 14.0. The third-order valence-electron chi connectivity index (χ3n) is 5.85. The van der Waals surface area contributed by atoms with E-state index in [0.717, 1.165) is 95.2 Å². The van der Waals surface area contributed by atoms with Gasteiger partial charge in [-0.3, -0.25) is 9.89 Å². The zero-order valence-corrected chi connectivity index (χ0v) is 21.7. The highest BCUT2D eigenvalue weighted by Gasteiger charge is 2.21. The largest absolute Gasteiger partial charge is 0.444 e. The Morgan fingerprint density at radius 2 is 2.03 bits per heavy atom. The van der Waals surface area contributed by atoms with E-state index in [4.69, 9.17) is 18.9 Å². The summed E-state index contributed by atoms with van der Waals surface area (Å²) in [5.74, 6) is 3.31. The molecule has 1 unspecified atom stereocenters. The van der Waals surface area contributed by atoms with Crippen LogP contribution in [0.3, 0.4) is 0 Å². The average Bonchev–Trinajstić information content (AvgIpc) is 3.36. The van der Waals surface area contributed by atoms with Gasteiger partial charge in [-0.15, -0.1) is 24.0 Å². The lowest BCUT2D eigenvalue weighted by atomic mass is 9.97. The molecule has 1 atom stereocenters. The first-order valence-electron chi connectivity index (χ1n) is 11.5. The molecular formula is C22H40IN5O3. The maximum absolute atomic E-state index is 5.82. The van der Waals surface area contributed by atoms with E-state index >= 15 is 0 Å². The van der Waals surface area contributed by atoms with Crippen molar-refractivity contribution in [1.82, 2.24) is 20.5 Å². The van der Waals surface area contributed by atoms with Crippen molar-refractivity contribution in [3.8, 4) is 0 Å². The number of halogens is 1. The summed E-state index contributed by atoms with van der Waals surface area (Å²) < 4.78 is 16.9. The number of hydrogen-bond donors (Lipinski definition) is 2. The van der Waals surface area contributed by atoms with Crippen LogP contribution in [0.1, 0.15) is 50.0 Å². The van der Waals surface area contributed by atoms with Gasteiger partial charge in [-0.1, -0.05) is 0 Å². The van der Waals surface area contributed by atoms with Gasteiger partial charge in [0.25, 0.3) is 0 Å². The Morgan fingerprint density at radius 1 is 1.23 bits per heavy atom. The van der Waals surface area contributed by atoms with Crippen LogP contribution in [0.4, 0.5) is 0 Å². The van der Waals surface area contributed by atoms with E-state index in [0.29, 0.717) is 5.92 Å². The minimum atomic E-state index is 0.